The molecule has 0 atom stereocenters. The minimum atomic E-state index is -1.24. The van der Waals surface area contributed by atoms with Crippen LogP contribution in [0.15, 0.2) is 12.1 Å². The Bertz CT molecular complexity index is 619. The molecular weight excluding hydrogens is 245 g/mol. The Kier molecular flexibility index (Phi) is 2.29. The Hall–Kier alpha value is -2.05. The molecule has 94 valence electrons. The minimum absolute atomic E-state index is 0.160. The molecule has 0 unspecified atom stereocenters. The number of nitrogens with two attached hydrogens (primary N) is 1. The third-order valence-electron chi connectivity index (χ3n) is 2.91. The van der Waals surface area contributed by atoms with Gasteiger partial charge in [0, 0.05) is 18.1 Å². The molecule has 1 aliphatic carbocycles. The van der Waals surface area contributed by atoms with E-state index in [1.165, 1.54) is 0 Å². The SMILES string of the molecule is Nc1nnn(-c2cc(F)c(F)cc2F)c1C1CC1. The largest absolute Gasteiger partial charge is 0.381 e. The van der Waals surface area contributed by atoms with E-state index >= 15 is 0 Å². The molecule has 0 aliphatic heterocycles. The van der Waals surface area contributed by atoms with Gasteiger partial charge in [-0.25, -0.2) is 17.9 Å². The molecule has 0 spiro atoms. The molecule has 0 saturated heterocycles. The van der Waals surface area contributed by atoms with Gasteiger partial charge < -0.3 is 5.73 Å². The summed E-state index contributed by atoms with van der Waals surface area (Å²) in [6, 6.07) is 1.24. The fourth-order valence-corrected chi connectivity index (χ4v) is 1.89. The van der Waals surface area contributed by atoms with Crippen LogP contribution >= 0.6 is 0 Å². The van der Waals surface area contributed by atoms with E-state index in [0.29, 0.717) is 11.8 Å². The number of aromatic nitrogens is 3. The van der Waals surface area contributed by atoms with Crippen molar-refractivity contribution in [3.63, 3.8) is 0 Å². The monoisotopic (exact) mass is 254 g/mol. The van der Waals surface area contributed by atoms with E-state index in [1.807, 2.05) is 0 Å². The number of nitrogens with zero attached hydrogens (tertiary/aromatic N) is 3. The number of benzene rings is 1. The molecule has 18 heavy (non-hydrogen) atoms. The fraction of sp³-hybridized carbons (Fsp3) is 0.273. The summed E-state index contributed by atoms with van der Waals surface area (Å²) in [5.41, 5.74) is 6.03. The van der Waals surface area contributed by atoms with Crippen LogP contribution in [0.4, 0.5) is 19.0 Å². The molecule has 0 bridgehead atoms. The first-order valence-corrected chi connectivity index (χ1v) is 5.44. The average molecular weight is 254 g/mol. The molecule has 7 heteroatoms. The number of halogens is 3. The van der Waals surface area contributed by atoms with Crippen LogP contribution in [-0.2, 0) is 0 Å². The molecule has 2 aromatic rings. The van der Waals surface area contributed by atoms with Crippen LogP contribution < -0.4 is 5.73 Å². The molecule has 1 heterocycles. The summed E-state index contributed by atoms with van der Waals surface area (Å²) >= 11 is 0. The van der Waals surface area contributed by atoms with Gasteiger partial charge in [-0.05, 0) is 12.8 Å². The maximum atomic E-state index is 13.7. The Labute approximate surface area is 100 Å². The normalized spacial score (nSPS) is 15.1. The van der Waals surface area contributed by atoms with Crippen LogP contribution in [0.2, 0.25) is 0 Å². The summed E-state index contributed by atoms with van der Waals surface area (Å²) in [4.78, 5) is 0. The van der Waals surface area contributed by atoms with Gasteiger partial charge in [-0.15, -0.1) is 5.10 Å². The number of hydrogen-bond donors (Lipinski definition) is 1. The highest BCUT2D eigenvalue weighted by Crippen LogP contribution is 2.42. The molecule has 4 nitrogen and oxygen atoms in total. The highest BCUT2D eigenvalue weighted by molar-refractivity contribution is 5.45. The van der Waals surface area contributed by atoms with Gasteiger partial charge in [0.15, 0.2) is 23.3 Å². The van der Waals surface area contributed by atoms with Gasteiger partial charge in [0.25, 0.3) is 0 Å². The highest BCUT2D eigenvalue weighted by Gasteiger charge is 2.32. The molecule has 2 N–H and O–H groups in total. The van der Waals surface area contributed by atoms with Crippen LogP contribution in [0.3, 0.4) is 0 Å². The van der Waals surface area contributed by atoms with Gasteiger partial charge >= 0.3 is 0 Å². The van der Waals surface area contributed by atoms with Crippen molar-refractivity contribution in [1.82, 2.24) is 15.0 Å². The molecular formula is C11H9F3N4. The summed E-state index contributed by atoms with van der Waals surface area (Å²) in [6.45, 7) is 0. The van der Waals surface area contributed by atoms with E-state index in [4.69, 9.17) is 5.73 Å². The quantitative estimate of drug-likeness (QED) is 0.835. The minimum Gasteiger partial charge on any atom is -0.381 e. The van der Waals surface area contributed by atoms with Gasteiger partial charge in [-0.3, -0.25) is 0 Å². The summed E-state index contributed by atoms with van der Waals surface area (Å²) in [7, 11) is 0. The summed E-state index contributed by atoms with van der Waals surface area (Å²) in [6.07, 6.45) is 1.81. The van der Waals surface area contributed by atoms with Gasteiger partial charge in [0.1, 0.15) is 5.69 Å². The summed E-state index contributed by atoms with van der Waals surface area (Å²) in [5.74, 6) is -2.92. The van der Waals surface area contributed by atoms with Crippen molar-refractivity contribution in [2.45, 2.75) is 18.8 Å². The Morgan fingerprint density at radius 3 is 2.44 bits per heavy atom. The lowest BCUT2D eigenvalue weighted by molar-refractivity contribution is 0.490. The van der Waals surface area contributed by atoms with Crippen molar-refractivity contribution in [3.05, 3.63) is 35.3 Å². The molecule has 3 rings (SSSR count). The molecule has 1 aromatic carbocycles. The highest BCUT2D eigenvalue weighted by atomic mass is 19.2. The fourth-order valence-electron chi connectivity index (χ4n) is 1.89. The second-order valence-electron chi connectivity index (χ2n) is 4.26. The van der Waals surface area contributed by atoms with Crippen LogP contribution in [-0.4, -0.2) is 15.0 Å². The molecule has 1 fully saturated rings. The Balaban J connectivity index is 2.18. The van der Waals surface area contributed by atoms with Crippen molar-refractivity contribution in [2.24, 2.45) is 0 Å². The third kappa shape index (κ3) is 1.62. The number of hydrogen-bond acceptors (Lipinski definition) is 3. The molecule has 1 aromatic heterocycles. The lowest BCUT2D eigenvalue weighted by Gasteiger charge is -2.07. The summed E-state index contributed by atoms with van der Waals surface area (Å²) in [5, 5.41) is 7.35. The van der Waals surface area contributed by atoms with E-state index in [0.717, 1.165) is 23.6 Å². The van der Waals surface area contributed by atoms with Crippen molar-refractivity contribution in [1.29, 1.82) is 0 Å². The van der Waals surface area contributed by atoms with E-state index < -0.39 is 17.5 Å². The Morgan fingerprint density at radius 1 is 1.11 bits per heavy atom. The lowest BCUT2D eigenvalue weighted by Crippen LogP contribution is -2.06. The zero-order valence-electron chi connectivity index (χ0n) is 9.20. The van der Waals surface area contributed by atoms with E-state index in [-0.39, 0.29) is 17.4 Å². The lowest BCUT2D eigenvalue weighted by atomic mass is 10.2. The maximum Gasteiger partial charge on any atom is 0.169 e. The van der Waals surface area contributed by atoms with Gasteiger partial charge in [0.05, 0.1) is 5.69 Å². The topological polar surface area (TPSA) is 56.7 Å². The van der Waals surface area contributed by atoms with Crippen LogP contribution in [0.5, 0.6) is 0 Å². The van der Waals surface area contributed by atoms with Crippen LogP contribution in [0.25, 0.3) is 5.69 Å². The van der Waals surface area contributed by atoms with Gasteiger partial charge in [0.2, 0.25) is 0 Å². The molecule has 0 amide bonds. The molecule has 0 radical (unpaired) electrons. The summed E-state index contributed by atoms with van der Waals surface area (Å²) < 4.78 is 40.8. The second kappa shape index (κ2) is 3.72. The van der Waals surface area contributed by atoms with Crippen LogP contribution in [0.1, 0.15) is 24.5 Å². The molecule has 1 aliphatic rings. The standard InChI is InChI=1S/C11H9F3N4/c12-6-3-8(14)9(4-7(6)13)18-10(5-1-2-5)11(15)16-17-18/h3-5H,1-2,15H2. The van der Waals surface area contributed by atoms with E-state index in [9.17, 15) is 13.2 Å². The first-order chi connectivity index (χ1) is 8.58. The number of rotatable bonds is 2. The zero-order valence-corrected chi connectivity index (χ0v) is 9.20. The van der Waals surface area contributed by atoms with Gasteiger partial charge in [-0.1, -0.05) is 5.21 Å². The average Bonchev–Trinajstić information content (AvgIpc) is 3.08. The van der Waals surface area contributed by atoms with Crippen molar-refractivity contribution in [3.8, 4) is 5.69 Å². The van der Waals surface area contributed by atoms with Crippen molar-refractivity contribution in [2.75, 3.05) is 5.73 Å². The zero-order chi connectivity index (χ0) is 12.9. The number of nitrogen functional groups attached to an aromatic ring is 1. The van der Waals surface area contributed by atoms with E-state index in [1.54, 1.807) is 0 Å². The maximum absolute atomic E-state index is 13.7. The number of anilines is 1. The van der Waals surface area contributed by atoms with Crippen molar-refractivity contribution >= 4 is 5.82 Å². The predicted molar refractivity (Wildman–Crippen MR) is 57.6 cm³/mol. The Morgan fingerprint density at radius 2 is 1.78 bits per heavy atom. The predicted octanol–water partition coefficient (Wildman–Crippen LogP) is 2.14. The third-order valence-corrected chi connectivity index (χ3v) is 2.91. The first kappa shape index (κ1) is 11.1. The smallest absolute Gasteiger partial charge is 0.169 e. The van der Waals surface area contributed by atoms with E-state index in [2.05, 4.69) is 10.3 Å². The first-order valence-electron chi connectivity index (χ1n) is 5.44. The molecule has 1 saturated carbocycles. The van der Waals surface area contributed by atoms with Crippen molar-refractivity contribution < 1.29 is 13.2 Å². The van der Waals surface area contributed by atoms with Crippen LogP contribution in [0, 0.1) is 17.5 Å². The second-order valence-corrected chi connectivity index (χ2v) is 4.26. The van der Waals surface area contributed by atoms with Gasteiger partial charge in [-0.2, -0.15) is 0 Å².